The summed E-state index contributed by atoms with van der Waals surface area (Å²) in [6, 6.07) is 10.2. The SMILES string of the molecule is C[C@@H](Cn1cncn1)NC(=O)C1CCN(c2nc(-c3ccccc3)nc3c2CCC3)CC1. The largest absolute Gasteiger partial charge is 0.356 e. The quantitative estimate of drug-likeness (QED) is 0.646. The molecule has 0 saturated carbocycles. The molecule has 1 saturated heterocycles. The van der Waals surface area contributed by atoms with Crippen LogP contribution in [-0.4, -0.2) is 49.8 Å². The number of nitrogens with zero attached hydrogens (tertiary/aromatic N) is 6. The van der Waals surface area contributed by atoms with Gasteiger partial charge in [0.15, 0.2) is 5.82 Å². The zero-order valence-electron chi connectivity index (χ0n) is 18.4. The van der Waals surface area contributed by atoms with E-state index in [1.54, 1.807) is 11.0 Å². The van der Waals surface area contributed by atoms with Crippen LogP contribution < -0.4 is 10.2 Å². The van der Waals surface area contributed by atoms with E-state index in [9.17, 15) is 4.79 Å². The lowest BCUT2D eigenvalue weighted by atomic mass is 9.95. The highest BCUT2D eigenvalue weighted by molar-refractivity contribution is 5.79. The Morgan fingerprint density at radius 2 is 1.97 bits per heavy atom. The molecule has 166 valence electrons. The smallest absolute Gasteiger partial charge is 0.223 e. The van der Waals surface area contributed by atoms with E-state index < -0.39 is 0 Å². The molecule has 3 heterocycles. The number of rotatable bonds is 6. The first-order chi connectivity index (χ1) is 15.7. The highest BCUT2D eigenvalue weighted by Gasteiger charge is 2.29. The number of carbonyl (C=O) groups is 1. The van der Waals surface area contributed by atoms with Crippen molar-refractivity contribution in [1.82, 2.24) is 30.0 Å². The Balaban J connectivity index is 1.25. The maximum absolute atomic E-state index is 12.8. The minimum absolute atomic E-state index is 0.0146. The van der Waals surface area contributed by atoms with E-state index in [0.29, 0.717) is 6.54 Å². The number of fused-ring (bicyclic) bond motifs is 1. The lowest BCUT2D eigenvalue weighted by molar-refractivity contribution is -0.126. The van der Waals surface area contributed by atoms with Crippen molar-refractivity contribution in [3.05, 3.63) is 54.2 Å². The third kappa shape index (κ3) is 4.35. The molecule has 2 aromatic heterocycles. The van der Waals surface area contributed by atoms with Crippen LogP contribution in [0.25, 0.3) is 11.4 Å². The molecular formula is C24H29N7O. The number of nitrogens with one attached hydrogen (secondary N) is 1. The molecule has 8 heteroatoms. The number of hydrogen-bond donors (Lipinski definition) is 1. The van der Waals surface area contributed by atoms with Gasteiger partial charge in [0.1, 0.15) is 18.5 Å². The molecule has 0 spiro atoms. The van der Waals surface area contributed by atoms with Gasteiger partial charge in [0.25, 0.3) is 0 Å². The minimum Gasteiger partial charge on any atom is -0.356 e. The predicted molar refractivity (Wildman–Crippen MR) is 122 cm³/mol. The zero-order valence-corrected chi connectivity index (χ0v) is 18.4. The molecule has 8 nitrogen and oxygen atoms in total. The first-order valence-corrected chi connectivity index (χ1v) is 11.5. The van der Waals surface area contributed by atoms with Crippen LogP contribution in [-0.2, 0) is 24.2 Å². The Hall–Kier alpha value is -3.29. The van der Waals surface area contributed by atoms with E-state index in [4.69, 9.17) is 9.97 Å². The summed E-state index contributed by atoms with van der Waals surface area (Å²) in [5, 5.41) is 7.26. The molecule has 32 heavy (non-hydrogen) atoms. The average Bonchev–Trinajstić information content (AvgIpc) is 3.51. The fraction of sp³-hybridized carbons (Fsp3) is 0.458. The van der Waals surface area contributed by atoms with Gasteiger partial charge < -0.3 is 10.2 Å². The van der Waals surface area contributed by atoms with Crippen LogP contribution in [0.5, 0.6) is 0 Å². The van der Waals surface area contributed by atoms with Gasteiger partial charge in [-0.15, -0.1) is 0 Å². The molecule has 1 amide bonds. The summed E-state index contributed by atoms with van der Waals surface area (Å²) < 4.78 is 1.74. The van der Waals surface area contributed by atoms with Gasteiger partial charge >= 0.3 is 0 Å². The number of benzene rings is 1. The van der Waals surface area contributed by atoms with Crippen LogP contribution in [0.15, 0.2) is 43.0 Å². The lowest BCUT2D eigenvalue weighted by Gasteiger charge is -2.34. The van der Waals surface area contributed by atoms with Crippen molar-refractivity contribution in [2.24, 2.45) is 5.92 Å². The molecular weight excluding hydrogens is 402 g/mol. The van der Waals surface area contributed by atoms with Crippen LogP contribution in [0.3, 0.4) is 0 Å². The number of carbonyl (C=O) groups excluding carboxylic acids is 1. The van der Waals surface area contributed by atoms with Gasteiger partial charge in [0.05, 0.1) is 6.54 Å². The second-order valence-corrected chi connectivity index (χ2v) is 8.80. The Morgan fingerprint density at radius 3 is 2.72 bits per heavy atom. The third-order valence-electron chi connectivity index (χ3n) is 6.42. The highest BCUT2D eigenvalue weighted by Crippen LogP contribution is 2.33. The lowest BCUT2D eigenvalue weighted by Crippen LogP contribution is -2.44. The average molecular weight is 432 g/mol. The number of aromatic nitrogens is 5. The molecule has 0 radical (unpaired) electrons. The summed E-state index contributed by atoms with van der Waals surface area (Å²) in [6.45, 7) is 4.31. The minimum atomic E-state index is 0.0146. The molecule has 0 unspecified atom stereocenters. The molecule has 1 fully saturated rings. The van der Waals surface area contributed by atoms with Gasteiger partial charge in [-0.3, -0.25) is 9.48 Å². The first-order valence-electron chi connectivity index (χ1n) is 11.5. The van der Waals surface area contributed by atoms with E-state index >= 15 is 0 Å². The van der Waals surface area contributed by atoms with Crippen molar-refractivity contribution in [3.63, 3.8) is 0 Å². The monoisotopic (exact) mass is 431 g/mol. The summed E-state index contributed by atoms with van der Waals surface area (Å²) >= 11 is 0. The highest BCUT2D eigenvalue weighted by atomic mass is 16.2. The maximum atomic E-state index is 12.8. The van der Waals surface area contributed by atoms with Gasteiger partial charge in [-0.05, 0) is 39.0 Å². The molecule has 3 aromatic rings. The summed E-state index contributed by atoms with van der Waals surface area (Å²) in [5.41, 5.74) is 3.55. The Labute approximate surface area is 188 Å². The van der Waals surface area contributed by atoms with Crippen LogP contribution in [0.4, 0.5) is 5.82 Å². The number of piperidine rings is 1. The van der Waals surface area contributed by atoms with Crippen molar-refractivity contribution in [1.29, 1.82) is 0 Å². The molecule has 0 bridgehead atoms. The van der Waals surface area contributed by atoms with Crippen molar-refractivity contribution >= 4 is 11.7 Å². The zero-order chi connectivity index (χ0) is 21.9. The molecule has 1 N–H and O–H groups in total. The van der Waals surface area contributed by atoms with Crippen LogP contribution in [0.2, 0.25) is 0 Å². The van der Waals surface area contributed by atoms with E-state index in [1.807, 2.05) is 25.1 Å². The van der Waals surface area contributed by atoms with E-state index in [0.717, 1.165) is 62.4 Å². The van der Waals surface area contributed by atoms with Crippen molar-refractivity contribution in [2.45, 2.75) is 51.6 Å². The van der Waals surface area contributed by atoms with Crippen molar-refractivity contribution < 1.29 is 4.79 Å². The summed E-state index contributed by atoms with van der Waals surface area (Å²) in [7, 11) is 0. The Morgan fingerprint density at radius 1 is 1.16 bits per heavy atom. The molecule has 1 atom stereocenters. The second kappa shape index (κ2) is 9.06. The first kappa shape index (κ1) is 20.6. The van der Waals surface area contributed by atoms with Crippen molar-refractivity contribution in [2.75, 3.05) is 18.0 Å². The summed E-state index contributed by atoms with van der Waals surface area (Å²) in [5.74, 6) is 2.05. The van der Waals surface area contributed by atoms with E-state index in [-0.39, 0.29) is 17.9 Å². The molecule has 1 aliphatic heterocycles. The standard InChI is InChI=1S/C24H29N7O/c1-17(14-31-16-25-15-26-31)27-24(32)19-10-12-30(13-11-19)23-20-8-5-9-21(20)28-22(29-23)18-6-3-2-4-7-18/h2-4,6-7,15-17,19H,5,8-14H2,1H3,(H,27,32)/t17-/m0/s1. The molecule has 1 aliphatic carbocycles. The van der Waals surface area contributed by atoms with Gasteiger partial charge in [-0.2, -0.15) is 5.10 Å². The van der Waals surface area contributed by atoms with E-state index in [2.05, 4.69) is 32.4 Å². The van der Waals surface area contributed by atoms with Crippen LogP contribution in [0.1, 0.15) is 37.4 Å². The number of anilines is 1. The Bertz CT molecular complexity index is 1060. The predicted octanol–water partition coefficient (Wildman–Crippen LogP) is 2.65. The van der Waals surface area contributed by atoms with Gasteiger partial charge in [0, 0.05) is 41.9 Å². The topological polar surface area (TPSA) is 88.8 Å². The number of aryl methyl sites for hydroxylation is 1. The molecule has 1 aromatic carbocycles. The summed E-state index contributed by atoms with van der Waals surface area (Å²) in [6.07, 6.45) is 8.05. The van der Waals surface area contributed by atoms with E-state index in [1.165, 1.54) is 17.6 Å². The second-order valence-electron chi connectivity index (χ2n) is 8.80. The molecule has 2 aliphatic rings. The van der Waals surface area contributed by atoms with Gasteiger partial charge in [-0.25, -0.2) is 15.0 Å². The third-order valence-corrected chi connectivity index (χ3v) is 6.42. The number of amides is 1. The van der Waals surface area contributed by atoms with Gasteiger partial charge in [-0.1, -0.05) is 30.3 Å². The Kier molecular flexibility index (Phi) is 5.83. The fourth-order valence-corrected chi connectivity index (χ4v) is 4.76. The summed E-state index contributed by atoms with van der Waals surface area (Å²) in [4.78, 5) is 29.0. The van der Waals surface area contributed by atoms with Crippen LogP contribution in [0, 0.1) is 5.92 Å². The van der Waals surface area contributed by atoms with Crippen molar-refractivity contribution in [3.8, 4) is 11.4 Å². The van der Waals surface area contributed by atoms with Gasteiger partial charge in [0.2, 0.25) is 5.91 Å². The number of hydrogen-bond acceptors (Lipinski definition) is 6. The maximum Gasteiger partial charge on any atom is 0.223 e. The normalized spacial score (nSPS) is 17.2. The fourth-order valence-electron chi connectivity index (χ4n) is 4.76. The van der Waals surface area contributed by atoms with Crippen LogP contribution >= 0.6 is 0 Å². The molecule has 5 rings (SSSR count).